The molecule has 2 aromatic rings. The van der Waals surface area contributed by atoms with Gasteiger partial charge in [-0.15, -0.1) is 0 Å². The summed E-state index contributed by atoms with van der Waals surface area (Å²) in [6.07, 6.45) is 0. The molecule has 0 unspecified atom stereocenters. The third-order valence-electron chi connectivity index (χ3n) is 2.32. The van der Waals surface area contributed by atoms with E-state index in [1.54, 1.807) is 6.07 Å². The molecule has 0 saturated heterocycles. The molecule has 2 nitrogen and oxygen atoms in total. The lowest BCUT2D eigenvalue weighted by molar-refractivity contribution is 0.474. The van der Waals surface area contributed by atoms with Crippen molar-refractivity contribution in [3.05, 3.63) is 57.5 Å². The summed E-state index contributed by atoms with van der Waals surface area (Å²) in [4.78, 5) is 0. The Balaban J connectivity index is 2.39. The number of ether oxygens (including phenoxy) is 1. The molecule has 0 heterocycles. The van der Waals surface area contributed by atoms with E-state index in [1.165, 1.54) is 0 Å². The average Bonchev–Trinajstić information content (AvgIpc) is 2.34. The smallest absolute Gasteiger partial charge is 0.150 e. The Morgan fingerprint density at radius 2 is 1.88 bits per heavy atom. The lowest BCUT2D eigenvalue weighted by Gasteiger charge is -2.12. The van der Waals surface area contributed by atoms with Gasteiger partial charge in [-0.1, -0.05) is 35.9 Å². The van der Waals surface area contributed by atoms with Crippen LogP contribution in [0, 0.1) is 0 Å². The van der Waals surface area contributed by atoms with E-state index in [2.05, 4.69) is 15.9 Å². The Morgan fingerprint density at radius 3 is 2.59 bits per heavy atom. The van der Waals surface area contributed by atoms with Crippen molar-refractivity contribution in [1.29, 1.82) is 0 Å². The van der Waals surface area contributed by atoms with E-state index in [-0.39, 0.29) is 0 Å². The monoisotopic (exact) mass is 311 g/mol. The van der Waals surface area contributed by atoms with Crippen LogP contribution >= 0.6 is 27.5 Å². The molecule has 17 heavy (non-hydrogen) atoms. The third kappa shape index (κ3) is 2.80. The summed E-state index contributed by atoms with van der Waals surface area (Å²) in [6, 6.07) is 13.1. The van der Waals surface area contributed by atoms with Crippen molar-refractivity contribution in [1.82, 2.24) is 0 Å². The fourth-order valence-electron chi connectivity index (χ4n) is 1.47. The van der Waals surface area contributed by atoms with Crippen molar-refractivity contribution in [2.24, 2.45) is 5.73 Å². The van der Waals surface area contributed by atoms with Gasteiger partial charge in [-0.25, -0.2) is 0 Å². The molecule has 0 atom stereocenters. The van der Waals surface area contributed by atoms with E-state index in [0.29, 0.717) is 17.3 Å². The molecule has 4 heteroatoms. The van der Waals surface area contributed by atoms with Crippen LogP contribution in [0.15, 0.2) is 46.9 Å². The Bertz CT molecular complexity index is 531. The van der Waals surface area contributed by atoms with Crippen molar-refractivity contribution >= 4 is 27.5 Å². The zero-order valence-electron chi connectivity index (χ0n) is 8.99. The SMILES string of the molecule is NCc1cccc(Cl)c1Oc1ccccc1Br. The molecule has 2 rings (SSSR count). The van der Waals surface area contributed by atoms with Crippen LogP contribution < -0.4 is 10.5 Å². The van der Waals surface area contributed by atoms with Crippen LogP contribution in [0.3, 0.4) is 0 Å². The molecule has 2 aromatic carbocycles. The number of nitrogens with two attached hydrogens (primary N) is 1. The highest BCUT2D eigenvalue weighted by Gasteiger charge is 2.09. The molecule has 0 aliphatic rings. The van der Waals surface area contributed by atoms with Gasteiger partial charge in [0.15, 0.2) is 5.75 Å². The van der Waals surface area contributed by atoms with Gasteiger partial charge in [0.1, 0.15) is 5.75 Å². The van der Waals surface area contributed by atoms with E-state index >= 15 is 0 Å². The van der Waals surface area contributed by atoms with Crippen LogP contribution in [0.4, 0.5) is 0 Å². The number of hydrogen-bond acceptors (Lipinski definition) is 2. The molecular weight excluding hydrogens is 302 g/mol. The highest BCUT2D eigenvalue weighted by Crippen LogP contribution is 2.35. The zero-order chi connectivity index (χ0) is 12.3. The summed E-state index contributed by atoms with van der Waals surface area (Å²) in [7, 11) is 0. The second-order valence-corrected chi connectivity index (χ2v) is 4.73. The molecule has 2 N–H and O–H groups in total. The molecule has 0 radical (unpaired) electrons. The van der Waals surface area contributed by atoms with E-state index in [1.807, 2.05) is 36.4 Å². The van der Waals surface area contributed by atoms with Crippen molar-refractivity contribution < 1.29 is 4.74 Å². The highest BCUT2D eigenvalue weighted by atomic mass is 79.9. The fraction of sp³-hybridized carbons (Fsp3) is 0.0769. The van der Waals surface area contributed by atoms with E-state index < -0.39 is 0 Å². The van der Waals surface area contributed by atoms with Gasteiger partial charge in [0.25, 0.3) is 0 Å². The topological polar surface area (TPSA) is 35.2 Å². The molecule has 0 aliphatic heterocycles. The van der Waals surface area contributed by atoms with Gasteiger partial charge in [-0.05, 0) is 34.1 Å². The average molecular weight is 313 g/mol. The van der Waals surface area contributed by atoms with Crippen molar-refractivity contribution in [3.8, 4) is 11.5 Å². The molecular formula is C13H11BrClNO. The minimum absolute atomic E-state index is 0.389. The van der Waals surface area contributed by atoms with Crippen molar-refractivity contribution in [3.63, 3.8) is 0 Å². The standard InChI is InChI=1S/C13H11BrClNO/c14-10-5-1-2-7-12(10)17-13-9(8-16)4-3-6-11(13)15/h1-7H,8,16H2. The zero-order valence-corrected chi connectivity index (χ0v) is 11.3. The van der Waals surface area contributed by atoms with E-state index in [0.717, 1.165) is 15.8 Å². The van der Waals surface area contributed by atoms with Crippen LogP contribution in [0.1, 0.15) is 5.56 Å². The first-order valence-electron chi connectivity index (χ1n) is 5.12. The second kappa shape index (κ2) is 5.54. The molecule has 0 amide bonds. The summed E-state index contributed by atoms with van der Waals surface area (Å²) in [5.41, 5.74) is 6.54. The number of benzene rings is 2. The quantitative estimate of drug-likeness (QED) is 0.914. The third-order valence-corrected chi connectivity index (χ3v) is 3.27. The second-order valence-electron chi connectivity index (χ2n) is 3.46. The maximum absolute atomic E-state index is 6.11. The summed E-state index contributed by atoms with van der Waals surface area (Å²) in [6.45, 7) is 0.389. The number of rotatable bonds is 3. The van der Waals surface area contributed by atoms with E-state index in [9.17, 15) is 0 Å². The minimum Gasteiger partial charge on any atom is -0.454 e. The summed E-state index contributed by atoms with van der Waals surface area (Å²) in [5.74, 6) is 1.33. The minimum atomic E-state index is 0.389. The predicted molar refractivity (Wildman–Crippen MR) is 73.6 cm³/mol. The molecule has 0 aromatic heterocycles. The molecule has 0 aliphatic carbocycles. The van der Waals surface area contributed by atoms with Gasteiger partial charge in [0, 0.05) is 12.1 Å². The van der Waals surface area contributed by atoms with Crippen LogP contribution in [-0.4, -0.2) is 0 Å². The number of hydrogen-bond donors (Lipinski definition) is 1. The predicted octanol–water partition coefficient (Wildman–Crippen LogP) is 4.35. The Labute approximate surface area is 113 Å². The molecule has 0 bridgehead atoms. The van der Waals surface area contributed by atoms with Gasteiger partial charge < -0.3 is 10.5 Å². The molecule has 0 spiro atoms. The normalized spacial score (nSPS) is 10.3. The molecule has 0 saturated carbocycles. The van der Waals surface area contributed by atoms with Gasteiger partial charge in [-0.2, -0.15) is 0 Å². The highest BCUT2D eigenvalue weighted by molar-refractivity contribution is 9.10. The Hall–Kier alpha value is -1.03. The number of para-hydroxylation sites is 2. The maximum Gasteiger partial charge on any atom is 0.150 e. The van der Waals surface area contributed by atoms with E-state index in [4.69, 9.17) is 22.1 Å². The maximum atomic E-state index is 6.11. The van der Waals surface area contributed by atoms with Gasteiger partial charge in [-0.3, -0.25) is 0 Å². The lowest BCUT2D eigenvalue weighted by Crippen LogP contribution is -2.00. The fourth-order valence-corrected chi connectivity index (χ4v) is 2.06. The van der Waals surface area contributed by atoms with Crippen LogP contribution in [0.2, 0.25) is 5.02 Å². The van der Waals surface area contributed by atoms with Crippen LogP contribution in [-0.2, 0) is 6.54 Å². The summed E-state index contributed by atoms with van der Waals surface area (Å²) < 4.78 is 6.68. The molecule has 88 valence electrons. The van der Waals surface area contributed by atoms with Crippen molar-refractivity contribution in [2.45, 2.75) is 6.54 Å². The van der Waals surface area contributed by atoms with Gasteiger partial charge in [0.2, 0.25) is 0 Å². The van der Waals surface area contributed by atoms with Gasteiger partial charge >= 0.3 is 0 Å². The Kier molecular flexibility index (Phi) is 4.05. The van der Waals surface area contributed by atoms with Gasteiger partial charge in [0.05, 0.1) is 9.50 Å². The first-order valence-corrected chi connectivity index (χ1v) is 6.29. The summed E-state index contributed by atoms with van der Waals surface area (Å²) in [5, 5.41) is 0.559. The van der Waals surface area contributed by atoms with Crippen molar-refractivity contribution in [2.75, 3.05) is 0 Å². The first-order chi connectivity index (χ1) is 8.22. The number of halogens is 2. The lowest BCUT2D eigenvalue weighted by atomic mass is 10.2. The molecule has 0 fully saturated rings. The van der Waals surface area contributed by atoms with Crippen LogP contribution in [0.5, 0.6) is 11.5 Å². The van der Waals surface area contributed by atoms with Crippen LogP contribution in [0.25, 0.3) is 0 Å². The Morgan fingerprint density at radius 1 is 1.12 bits per heavy atom. The summed E-state index contributed by atoms with van der Waals surface area (Å²) >= 11 is 9.54. The largest absolute Gasteiger partial charge is 0.454 e. The first kappa shape index (κ1) is 12.4.